The van der Waals surface area contributed by atoms with Crippen molar-refractivity contribution in [2.75, 3.05) is 18.0 Å². The van der Waals surface area contributed by atoms with E-state index in [-0.39, 0.29) is 0 Å². The molecule has 6 heteroatoms. The van der Waals surface area contributed by atoms with Gasteiger partial charge >= 0.3 is 5.97 Å². The molecule has 18 heavy (non-hydrogen) atoms. The number of carboxylic acid groups (broad SMARTS) is 1. The van der Waals surface area contributed by atoms with Crippen molar-refractivity contribution in [3.63, 3.8) is 0 Å². The van der Waals surface area contributed by atoms with Gasteiger partial charge in [0.05, 0.1) is 11.5 Å². The number of carbonyl (C=O) groups is 2. The zero-order valence-corrected chi connectivity index (χ0v) is 10.5. The summed E-state index contributed by atoms with van der Waals surface area (Å²) in [5.41, 5.74) is 5.46. The number of pyridine rings is 1. The van der Waals surface area contributed by atoms with Gasteiger partial charge in [0.2, 0.25) is 5.91 Å². The first-order valence-corrected chi connectivity index (χ1v) is 5.69. The van der Waals surface area contributed by atoms with E-state index in [0.29, 0.717) is 24.5 Å². The predicted octanol–water partition coefficient (Wildman–Crippen LogP) is 0.727. The number of amides is 1. The highest BCUT2D eigenvalue weighted by molar-refractivity contribution is 5.92. The van der Waals surface area contributed by atoms with Crippen LogP contribution in [0.2, 0.25) is 0 Å². The summed E-state index contributed by atoms with van der Waals surface area (Å²) in [4.78, 5) is 27.7. The first-order chi connectivity index (χ1) is 8.45. The number of rotatable bonds is 6. The normalized spacial score (nSPS) is 11.9. The van der Waals surface area contributed by atoms with Crippen LogP contribution in [-0.2, 0) is 4.79 Å². The van der Waals surface area contributed by atoms with Crippen molar-refractivity contribution in [3.8, 4) is 0 Å². The van der Waals surface area contributed by atoms with E-state index in [1.54, 1.807) is 19.1 Å². The number of nitrogens with zero attached hydrogens (tertiary/aromatic N) is 2. The number of hydrogen-bond donors (Lipinski definition) is 2. The number of carbonyl (C=O) groups excluding carboxylic acids is 1. The minimum Gasteiger partial charge on any atom is -0.481 e. The van der Waals surface area contributed by atoms with Crippen LogP contribution in [0.1, 0.15) is 24.2 Å². The maximum Gasteiger partial charge on any atom is 0.308 e. The Morgan fingerprint density at radius 1 is 1.50 bits per heavy atom. The Labute approximate surface area is 105 Å². The lowest BCUT2D eigenvalue weighted by Crippen LogP contribution is -2.32. The minimum atomic E-state index is -0.845. The van der Waals surface area contributed by atoms with Crippen LogP contribution in [0.4, 0.5) is 5.82 Å². The highest BCUT2D eigenvalue weighted by Crippen LogP contribution is 2.13. The van der Waals surface area contributed by atoms with Gasteiger partial charge in [-0.25, -0.2) is 4.98 Å². The SMILES string of the molecule is CCN(CC(C)C(=O)O)c1ccc(C(N)=O)cn1. The summed E-state index contributed by atoms with van der Waals surface area (Å²) in [6, 6.07) is 3.25. The van der Waals surface area contributed by atoms with E-state index in [9.17, 15) is 9.59 Å². The summed E-state index contributed by atoms with van der Waals surface area (Å²) >= 11 is 0. The molecule has 0 aliphatic heterocycles. The molecular weight excluding hydrogens is 234 g/mol. The molecule has 0 aliphatic rings. The number of aromatic nitrogens is 1. The lowest BCUT2D eigenvalue weighted by Gasteiger charge is -2.23. The maximum absolute atomic E-state index is 10.9. The van der Waals surface area contributed by atoms with Crippen LogP contribution in [0.3, 0.4) is 0 Å². The fraction of sp³-hybridized carbons (Fsp3) is 0.417. The molecule has 0 radical (unpaired) electrons. The molecule has 0 fully saturated rings. The number of hydrogen-bond acceptors (Lipinski definition) is 4. The molecule has 1 unspecified atom stereocenters. The maximum atomic E-state index is 10.9. The highest BCUT2D eigenvalue weighted by Gasteiger charge is 2.16. The Hall–Kier alpha value is -2.11. The van der Waals surface area contributed by atoms with E-state index in [0.717, 1.165) is 0 Å². The summed E-state index contributed by atoms with van der Waals surface area (Å²) in [5.74, 6) is -1.23. The fourth-order valence-electron chi connectivity index (χ4n) is 1.51. The van der Waals surface area contributed by atoms with Gasteiger partial charge < -0.3 is 15.7 Å². The summed E-state index contributed by atoms with van der Waals surface area (Å²) in [5, 5.41) is 8.88. The van der Waals surface area contributed by atoms with E-state index in [1.165, 1.54) is 6.20 Å². The molecule has 0 saturated carbocycles. The van der Waals surface area contributed by atoms with Gasteiger partial charge in [-0.1, -0.05) is 6.92 Å². The smallest absolute Gasteiger partial charge is 0.308 e. The van der Waals surface area contributed by atoms with Crippen LogP contribution in [0, 0.1) is 5.92 Å². The second kappa shape index (κ2) is 6.00. The molecule has 0 aliphatic carbocycles. The molecule has 0 bridgehead atoms. The van der Waals surface area contributed by atoms with Crippen LogP contribution >= 0.6 is 0 Å². The third kappa shape index (κ3) is 3.44. The van der Waals surface area contributed by atoms with Crippen LogP contribution in [0.25, 0.3) is 0 Å². The van der Waals surface area contributed by atoms with Gasteiger partial charge in [-0.05, 0) is 19.1 Å². The Morgan fingerprint density at radius 2 is 2.17 bits per heavy atom. The van der Waals surface area contributed by atoms with E-state index >= 15 is 0 Å². The topological polar surface area (TPSA) is 96.5 Å². The van der Waals surface area contributed by atoms with Crippen molar-refractivity contribution < 1.29 is 14.7 Å². The van der Waals surface area contributed by atoms with Gasteiger partial charge in [0.1, 0.15) is 5.82 Å². The minimum absolute atomic E-state index is 0.334. The number of anilines is 1. The standard InChI is InChI=1S/C12H17N3O3/c1-3-15(7-8(2)12(17)18)10-5-4-9(6-14-10)11(13)16/h4-6,8H,3,7H2,1-2H3,(H2,13,16)(H,17,18). The van der Waals surface area contributed by atoms with Crippen molar-refractivity contribution in [1.82, 2.24) is 4.98 Å². The van der Waals surface area contributed by atoms with Crippen LogP contribution in [-0.4, -0.2) is 35.1 Å². The molecule has 1 aromatic heterocycles. The van der Waals surface area contributed by atoms with E-state index in [2.05, 4.69) is 4.98 Å². The molecule has 0 saturated heterocycles. The molecule has 0 spiro atoms. The summed E-state index contributed by atoms with van der Waals surface area (Å²) < 4.78 is 0. The lowest BCUT2D eigenvalue weighted by atomic mass is 10.1. The third-order valence-electron chi connectivity index (χ3n) is 2.65. The van der Waals surface area contributed by atoms with Crippen molar-refractivity contribution in [2.24, 2.45) is 11.7 Å². The molecule has 0 aromatic carbocycles. The molecule has 3 N–H and O–H groups in total. The van der Waals surface area contributed by atoms with Crippen molar-refractivity contribution in [2.45, 2.75) is 13.8 Å². The molecular formula is C12H17N3O3. The summed E-state index contributed by atoms with van der Waals surface area (Å²) in [7, 11) is 0. The molecule has 1 aromatic rings. The number of aliphatic carboxylic acids is 1. The van der Waals surface area contributed by atoms with Crippen LogP contribution in [0.5, 0.6) is 0 Å². The second-order valence-electron chi connectivity index (χ2n) is 4.05. The number of carboxylic acids is 1. The Balaban J connectivity index is 2.82. The molecule has 1 heterocycles. The summed E-state index contributed by atoms with van der Waals surface area (Å²) in [6.45, 7) is 4.57. The number of nitrogens with two attached hydrogens (primary N) is 1. The molecule has 1 amide bonds. The van der Waals surface area contributed by atoms with E-state index in [1.807, 2.05) is 11.8 Å². The average Bonchev–Trinajstić information content (AvgIpc) is 2.35. The van der Waals surface area contributed by atoms with Crippen molar-refractivity contribution in [1.29, 1.82) is 0 Å². The largest absolute Gasteiger partial charge is 0.481 e. The predicted molar refractivity (Wildman–Crippen MR) is 67.4 cm³/mol. The molecule has 98 valence electrons. The average molecular weight is 251 g/mol. The van der Waals surface area contributed by atoms with Gasteiger partial charge in [-0.15, -0.1) is 0 Å². The van der Waals surface area contributed by atoms with Gasteiger partial charge in [-0.3, -0.25) is 9.59 Å². The highest BCUT2D eigenvalue weighted by atomic mass is 16.4. The fourth-order valence-corrected chi connectivity index (χ4v) is 1.51. The Kier molecular flexibility index (Phi) is 4.65. The Morgan fingerprint density at radius 3 is 2.56 bits per heavy atom. The second-order valence-corrected chi connectivity index (χ2v) is 4.05. The van der Waals surface area contributed by atoms with Gasteiger partial charge in [0, 0.05) is 19.3 Å². The molecule has 1 atom stereocenters. The first kappa shape index (κ1) is 14.0. The third-order valence-corrected chi connectivity index (χ3v) is 2.65. The first-order valence-electron chi connectivity index (χ1n) is 5.69. The lowest BCUT2D eigenvalue weighted by molar-refractivity contribution is -0.140. The molecule has 1 rings (SSSR count). The van der Waals surface area contributed by atoms with Gasteiger partial charge in [0.15, 0.2) is 0 Å². The van der Waals surface area contributed by atoms with Gasteiger partial charge in [0.25, 0.3) is 0 Å². The monoisotopic (exact) mass is 251 g/mol. The van der Waals surface area contributed by atoms with Crippen LogP contribution < -0.4 is 10.6 Å². The quantitative estimate of drug-likeness (QED) is 0.776. The summed E-state index contributed by atoms with van der Waals surface area (Å²) in [6.07, 6.45) is 1.39. The van der Waals surface area contributed by atoms with Crippen molar-refractivity contribution >= 4 is 17.7 Å². The van der Waals surface area contributed by atoms with Gasteiger partial charge in [-0.2, -0.15) is 0 Å². The zero-order chi connectivity index (χ0) is 13.7. The molecule has 6 nitrogen and oxygen atoms in total. The van der Waals surface area contributed by atoms with E-state index < -0.39 is 17.8 Å². The number of primary amides is 1. The van der Waals surface area contributed by atoms with Crippen LogP contribution in [0.15, 0.2) is 18.3 Å². The Bertz CT molecular complexity index is 431. The van der Waals surface area contributed by atoms with Crippen molar-refractivity contribution in [3.05, 3.63) is 23.9 Å². The zero-order valence-electron chi connectivity index (χ0n) is 10.5. The van der Waals surface area contributed by atoms with E-state index in [4.69, 9.17) is 10.8 Å².